The molecule has 17 heavy (non-hydrogen) atoms. The SMILES string of the molecule is CCC(C)(CN)N1CCC(N2CCOCC2)C1. The van der Waals surface area contributed by atoms with Gasteiger partial charge in [0.15, 0.2) is 0 Å². The average molecular weight is 241 g/mol. The Labute approximate surface area is 105 Å². The summed E-state index contributed by atoms with van der Waals surface area (Å²) in [6, 6.07) is 0.719. The standard InChI is InChI=1S/C13H27N3O/c1-3-13(2,11-14)16-5-4-12(10-16)15-6-8-17-9-7-15/h12H,3-11,14H2,1-2H3. The van der Waals surface area contributed by atoms with Crippen molar-refractivity contribution < 1.29 is 4.74 Å². The van der Waals surface area contributed by atoms with Crippen molar-refractivity contribution in [3.8, 4) is 0 Å². The van der Waals surface area contributed by atoms with Gasteiger partial charge >= 0.3 is 0 Å². The number of ether oxygens (including phenoxy) is 1. The molecule has 0 spiro atoms. The van der Waals surface area contributed by atoms with E-state index >= 15 is 0 Å². The smallest absolute Gasteiger partial charge is 0.0594 e. The highest BCUT2D eigenvalue weighted by Gasteiger charge is 2.36. The summed E-state index contributed by atoms with van der Waals surface area (Å²) in [5.41, 5.74) is 6.14. The zero-order valence-corrected chi connectivity index (χ0v) is 11.3. The maximum atomic E-state index is 5.95. The quantitative estimate of drug-likeness (QED) is 0.779. The van der Waals surface area contributed by atoms with Crippen molar-refractivity contribution in [1.29, 1.82) is 0 Å². The molecule has 2 fully saturated rings. The number of nitrogens with two attached hydrogens (primary N) is 1. The molecule has 0 aromatic rings. The minimum atomic E-state index is 0.195. The average Bonchev–Trinajstić information content (AvgIpc) is 2.89. The fourth-order valence-electron chi connectivity index (χ4n) is 2.97. The number of morpholine rings is 1. The van der Waals surface area contributed by atoms with Crippen LogP contribution < -0.4 is 5.73 Å². The van der Waals surface area contributed by atoms with Crippen LogP contribution in [-0.2, 0) is 4.74 Å². The van der Waals surface area contributed by atoms with Gasteiger partial charge in [0.25, 0.3) is 0 Å². The van der Waals surface area contributed by atoms with Gasteiger partial charge in [-0.15, -0.1) is 0 Å². The van der Waals surface area contributed by atoms with Gasteiger partial charge in [0, 0.05) is 44.3 Å². The number of hydrogen-bond acceptors (Lipinski definition) is 4. The van der Waals surface area contributed by atoms with Crippen molar-refractivity contribution >= 4 is 0 Å². The Balaban J connectivity index is 1.90. The summed E-state index contributed by atoms with van der Waals surface area (Å²) in [4.78, 5) is 5.18. The van der Waals surface area contributed by atoms with Crippen LogP contribution in [0.3, 0.4) is 0 Å². The molecular weight excluding hydrogens is 214 g/mol. The summed E-state index contributed by atoms with van der Waals surface area (Å²) in [7, 11) is 0. The molecule has 0 aliphatic carbocycles. The largest absolute Gasteiger partial charge is 0.379 e. The minimum absolute atomic E-state index is 0.195. The van der Waals surface area contributed by atoms with Gasteiger partial charge in [-0.3, -0.25) is 9.80 Å². The number of hydrogen-bond donors (Lipinski definition) is 1. The molecule has 2 atom stereocenters. The van der Waals surface area contributed by atoms with Gasteiger partial charge in [-0.1, -0.05) is 6.92 Å². The van der Waals surface area contributed by atoms with Gasteiger partial charge in [0.2, 0.25) is 0 Å². The summed E-state index contributed by atoms with van der Waals surface area (Å²) in [6.45, 7) is 11.7. The van der Waals surface area contributed by atoms with Crippen LogP contribution in [0.5, 0.6) is 0 Å². The monoisotopic (exact) mass is 241 g/mol. The van der Waals surface area contributed by atoms with Gasteiger partial charge in [-0.2, -0.15) is 0 Å². The first kappa shape index (κ1) is 13.3. The first-order chi connectivity index (χ1) is 8.19. The molecule has 4 nitrogen and oxygen atoms in total. The predicted octanol–water partition coefficient (Wildman–Crippen LogP) is 0.520. The Kier molecular flexibility index (Phi) is 4.42. The van der Waals surface area contributed by atoms with E-state index in [0.717, 1.165) is 45.3 Å². The zero-order valence-electron chi connectivity index (χ0n) is 11.3. The minimum Gasteiger partial charge on any atom is -0.379 e. The lowest BCUT2D eigenvalue weighted by Gasteiger charge is -2.38. The van der Waals surface area contributed by atoms with E-state index in [1.807, 2.05) is 0 Å². The van der Waals surface area contributed by atoms with Crippen LogP contribution in [-0.4, -0.2) is 67.3 Å². The molecule has 0 aromatic carbocycles. The lowest BCUT2D eigenvalue weighted by atomic mass is 9.97. The Bertz CT molecular complexity index is 237. The highest BCUT2D eigenvalue weighted by atomic mass is 16.5. The third-order valence-corrected chi connectivity index (χ3v) is 4.69. The number of nitrogens with zero attached hydrogens (tertiary/aromatic N) is 2. The molecule has 2 aliphatic rings. The van der Waals surface area contributed by atoms with E-state index in [4.69, 9.17) is 10.5 Å². The molecular formula is C13H27N3O. The van der Waals surface area contributed by atoms with E-state index in [1.165, 1.54) is 19.5 Å². The van der Waals surface area contributed by atoms with Crippen LogP contribution in [0.4, 0.5) is 0 Å². The molecule has 2 heterocycles. The first-order valence-electron chi connectivity index (χ1n) is 6.96. The maximum absolute atomic E-state index is 5.95. The van der Waals surface area contributed by atoms with E-state index in [0.29, 0.717) is 0 Å². The lowest BCUT2D eigenvalue weighted by molar-refractivity contribution is 0.0153. The molecule has 0 saturated carbocycles. The fraction of sp³-hybridized carbons (Fsp3) is 1.00. The topological polar surface area (TPSA) is 41.7 Å². The second kappa shape index (κ2) is 5.65. The molecule has 2 saturated heterocycles. The van der Waals surface area contributed by atoms with Crippen LogP contribution in [0.25, 0.3) is 0 Å². The summed E-state index contributed by atoms with van der Waals surface area (Å²) in [5, 5.41) is 0. The van der Waals surface area contributed by atoms with Gasteiger partial charge in [0.05, 0.1) is 13.2 Å². The molecule has 2 N–H and O–H groups in total. The normalized spacial score (nSPS) is 31.6. The third-order valence-electron chi connectivity index (χ3n) is 4.69. The lowest BCUT2D eigenvalue weighted by Crippen LogP contribution is -2.52. The maximum Gasteiger partial charge on any atom is 0.0594 e. The van der Waals surface area contributed by atoms with Crippen LogP contribution in [0.2, 0.25) is 0 Å². The Morgan fingerprint density at radius 2 is 2.00 bits per heavy atom. The molecule has 100 valence electrons. The van der Waals surface area contributed by atoms with E-state index in [9.17, 15) is 0 Å². The Morgan fingerprint density at radius 1 is 1.29 bits per heavy atom. The summed E-state index contributed by atoms with van der Waals surface area (Å²) in [5.74, 6) is 0. The second-order valence-electron chi connectivity index (χ2n) is 5.59. The van der Waals surface area contributed by atoms with E-state index in [-0.39, 0.29) is 5.54 Å². The molecule has 4 heteroatoms. The molecule has 0 radical (unpaired) electrons. The molecule has 0 bridgehead atoms. The van der Waals surface area contributed by atoms with Crippen LogP contribution in [0.1, 0.15) is 26.7 Å². The predicted molar refractivity (Wildman–Crippen MR) is 70.1 cm³/mol. The summed E-state index contributed by atoms with van der Waals surface area (Å²) < 4.78 is 5.42. The van der Waals surface area contributed by atoms with E-state index in [2.05, 4.69) is 23.6 Å². The Morgan fingerprint density at radius 3 is 2.59 bits per heavy atom. The van der Waals surface area contributed by atoms with Crippen molar-refractivity contribution in [2.45, 2.75) is 38.3 Å². The van der Waals surface area contributed by atoms with Gasteiger partial charge < -0.3 is 10.5 Å². The Hall–Kier alpha value is -0.160. The van der Waals surface area contributed by atoms with Crippen molar-refractivity contribution in [2.75, 3.05) is 45.9 Å². The van der Waals surface area contributed by atoms with Gasteiger partial charge in [-0.25, -0.2) is 0 Å². The zero-order chi connectivity index (χ0) is 12.3. The van der Waals surface area contributed by atoms with E-state index in [1.54, 1.807) is 0 Å². The van der Waals surface area contributed by atoms with Crippen LogP contribution in [0, 0.1) is 0 Å². The summed E-state index contributed by atoms with van der Waals surface area (Å²) in [6.07, 6.45) is 2.43. The molecule has 2 aliphatic heterocycles. The highest BCUT2D eigenvalue weighted by Crippen LogP contribution is 2.26. The van der Waals surface area contributed by atoms with Gasteiger partial charge in [0.1, 0.15) is 0 Å². The van der Waals surface area contributed by atoms with Crippen molar-refractivity contribution in [1.82, 2.24) is 9.80 Å². The fourth-order valence-corrected chi connectivity index (χ4v) is 2.97. The second-order valence-corrected chi connectivity index (χ2v) is 5.59. The van der Waals surface area contributed by atoms with Crippen molar-refractivity contribution in [3.05, 3.63) is 0 Å². The molecule has 2 rings (SSSR count). The van der Waals surface area contributed by atoms with E-state index < -0.39 is 0 Å². The molecule has 2 unspecified atom stereocenters. The number of rotatable bonds is 4. The third kappa shape index (κ3) is 2.81. The summed E-state index contributed by atoms with van der Waals surface area (Å²) >= 11 is 0. The molecule has 0 amide bonds. The molecule has 0 aromatic heterocycles. The van der Waals surface area contributed by atoms with Gasteiger partial charge in [-0.05, 0) is 19.8 Å². The van der Waals surface area contributed by atoms with Crippen molar-refractivity contribution in [3.63, 3.8) is 0 Å². The highest BCUT2D eigenvalue weighted by molar-refractivity contribution is 4.94. The van der Waals surface area contributed by atoms with Crippen molar-refractivity contribution in [2.24, 2.45) is 5.73 Å². The van der Waals surface area contributed by atoms with Crippen LogP contribution >= 0.6 is 0 Å². The van der Waals surface area contributed by atoms with Crippen LogP contribution in [0.15, 0.2) is 0 Å². The number of likely N-dealkylation sites (tertiary alicyclic amines) is 1. The first-order valence-corrected chi connectivity index (χ1v) is 6.96.